The molecule has 0 spiro atoms. The molecule has 0 unspecified atom stereocenters. The zero-order valence-electron chi connectivity index (χ0n) is 30.7. The van der Waals surface area contributed by atoms with Crippen LogP contribution in [0.15, 0.2) is 30.3 Å². The van der Waals surface area contributed by atoms with Gasteiger partial charge in [0.15, 0.2) is 6.29 Å². The lowest BCUT2D eigenvalue weighted by Crippen LogP contribution is -2.60. The Bertz CT molecular complexity index is 1050. The number of alkyl carbamates (subject to hydrolysis) is 1. The van der Waals surface area contributed by atoms with E-state index in [0.717, 1.165) is 24.8 Å². The van der Waals surface area contributed by atoms with Gasteiger partial charge in [-0.3, -0.25) is 4.79 Å². The highest BCUT2D eigenvalue weighted by Crippen LogP contribution is 2.24. The molecule has 0 aromatic heterocycles. The van der Waals surface area contributed by atoms with E-state index >= 15 is 0 Å². The Balaban J connectivity index is 1.87. The van der Waals surface area contributed by atoms with Gasteiger partial charge < -0.3 is 49.8 Å². The SMILES string of the molecule is CCCCCCCCCCCCCC[C@@H](O)[C@@H](O)[C@H](CO[C@H]1O[C@H](COC(=O)CCc2ccccc2)[C@H](O)[C@H](O)[C@H]1O)NC(=O)OC(C)(C)C. The average molecular weight is 712 g/mol. The zero-order valence-corrected chi connectivity index (χ0v) is 30.7. The first-order chi connectivity index (χ1) is 23.8. The lowest BCUT2D eigenvalue weighted by Gasteiger charge is -2.40. The highest BCUT2D eigenvalue weighted by Gasteiger charge is 2.45. The summed E-state index contributed by atoms with van der Waals surface area (Å²) in [6.07, 6.45) is 3.64. The lowest BCUT2D eigenvalue weighted by atomic mass is 9.98. The summed E-state index contributed by atoms with van der Waals surface area (Å²) < 4.78 is 22.0. The lowest BCUT2D eigenvalue weighted by molar-refractivity contribution is -0.303. The molecule has 50 heavy (non-hydrogen) atoms. The van der Waals surface area contributed by atoms with Crippen LogP contribution >= 0.6 is 0 Å². The molecule has 1 saturated heterocycles. The molecule has 1 amide bonds. The van der Waals surface area contributed by atoms with Crippen molar-refractivity contribution in [3.63, 3.8) is 0 Å². The van der Waals surface area contributed by atoms with Crippen molar-refractivity contribution in [3.05, 3.63) is 35.9 Å². The number of nitrogens with one attached hydrogen (secondary N) is 1. The Kier molecular flexibility index (Phi) is 21.1. The third-order valence-corrected chi connectivity index (χ3v) is 8.84. The first-order valence-electron chi connectivity index (χ1n) is 18.7. The predicted octanol–water partition coefficient (Wildman–Crippen LogP) is 4.69. The van der Waals surface area contributed by atoms with Gasteiger partial charge in [-0.1, -0.05) is 114 Å². The molecule has 0 bridgehead atoms. The van der Waals surface area contributed by atoms with Gasteiger partial charge in [-0.15, -0.1) is 0 Å². The molecule has 1 aliphatic rings. The summed E-state index contributed by atoms with van der Waals surface area (Å²) in [5, 5.41) is 56.0. The minimum absolute atomic E-state index is 0.0927. The van der Waals surface area contributed by atoms with Crippen LogP contribution in [0, 0.1) is 0 Å². The van der Waals surface area contributed by atoms with Crippen LogP contribution in [-0.2, 0) is 30.2 Å². The molecule has 6 N–H and O–H groups in total. The first-order valence-corrected chi connectivity index (χ1v) is 18.7. The predicted molar refractivity (Wildman–Crippen MR) is 189 cm³/mol. The van der Waals surface area contributed by atoms with E-state index in [4.69, 9.17) is 18.9 Å². The number of carbonyl (C=O) groups is 2. The molecule has 0 aliphatic carbocycles. The van der Waals surface area contributed by atoms with Crippen LogP contribution in [0.5, 0.6) is 0 Å². The summed E-state index contributed by atoms with van der Waals surface area (Å²) >= 11 is 0. The van der Waals surface area contributed by atoms with Crippen molar-refractivity contribution < 1.29 is 54.1 Å². The monoisotopic (exact) mass is 711 g/mol. The normalized spacial score (nSPS) is 22.8. The number of hydrogen-bond acceptors (Lipinski definition) is 11. The maximum absolute atomic E-state index is 12.6. The fourth-order valence-electron chi connectivity index (χ4n) is 5.85. The van der Waals surface area contributed by atoms with Crippen molar-refractivity contribution in [1.82, 2.24) is 5.32 Å². The third kappa shape index (κ3) is 17.7. The van der Waals surface area contributed by atoms with Crippen molar-refractivity contribution in [2.45, 2.75) is 179 Å². The van der Waals surface area contributed by atoms with Gasteiger partial charge in [0.25, 0.3) is 0 Å². The molecular formula is C38H65NO11. The van der Waals surface area contributed by atoms with E-state index < -0.39 is 79.8 Å². The van der Waals surface area contributed by atoms with Crippen molar-refractivity contribution in [2.75, 3.05) is 13.2 Å². The number of aliphatic hydroxyl groups is 5. The highest BCUT2D eigenvalue weighted by atomic mass is 16.7. The molecule has 2 rings (SSSR count). The number of aliphatic hydroxyl groups excluding tert-OH is 5. The van der Waals surface area contributed by atoms with E-state index in [0.29, 0.717) is 19.3 Å². The maximum atomic E-state index is 12.6. The Morgan fingerprint density at radius 3 is 2.00 bits per heavy atom. The Morgan fingerprint density at radius 1 is 0.840 bits per heavy atom. The second kappa shape index (κ2) is 24.0. The third-order valence-electron chi connectivity index (χ3n) is 8.84. The van der Waals surface area contributed by atoms with Crippen LogP contribution < -0.4 is 5.32 Å². The van der Waals surface area contributed by atoms with Gasteiger partial charge in [0, 0.05) is 6.42 Å². The van der Waals surface area contributed by atoms with Gasteiger partial charge in [-0.05, 0) is 39.2 Å². The van der Waals surface area contributed by atoms with Crippen LogP contribution in [-0.4, -0.2) is 105 Å². The number of hydrogen-bond donors (Lipinski definition) is 6. The minimum atomic E-state index is -1.69. The summed E-state index contributed by atoms with van der Waals surface area (Å²) in [5.41, 5.74) is 0.129. The van der Waals surface area contributed by atoms with E-state index in [-0.39, 0.29) is 6.42 Å². The number of benzene rings is 1. The molecule has 1 aromatic rings. The second-order valence-corrected chi connectivity index (χ2v) is 14.5. The van der Waals surface area contributed by atoms with Gasteiger partial charge in [-0.25, -0.2) is 4.79 Å². The van der Waals surface area contributed by atoms with Crippen LogP contribution in [0.25, 0.3) is 0 Å². The van der Waals surface area contributed by atoms with Gasteiger partial charge >= 0.3 is 12.1 Å². The molecular weight excluding hydrogens is 646 g/mol. The average Bonchev–Trinajstić information content (AvgIpc) is 3.08. The standard InChI is InChI=1S/C38H65NO11/c1-5-6-7-8-9-10-11-12-13-14-15-19-22-29(40)32(42)28(39-37(46)50-38(2,3)4)25-48-36-35(45)34(44)33(43)30(49-36)26-47-31(41)24-23-27-20-17-16-18-21-27/h16-18,20-21,28-30,32-36,40,42-45H,5-15,19,22-26H2,1-4H3,(H,39,46)/t28-,29+,30+,32-,33-,34-,35+,36-/m0/s1. The number of amides is 1. The van der Waals surface area contributed by atoms with Crippen LogP contribution in [0.3, 0.4) is 0 Å². The number of ether oxygens (including phenoxy) is 4. The molecule has 1 heterocycles. The Morgan fingerprint density at radius 2 is 1.42 bits per heavy atom. The van der Waals surface area contributed by atoms with Gasteiger partial charge in [0.1, 0.15) is 42.7 Å². The van der Waals surface area contributed by atoms with Crippen molar-refractivity contribution in [3.8, 4) is 0 Å². The highest BCUT2D eigenvalue weighted by molar-refractivity contribution is 5.69. The first kappa shape index (κ1) is 43.8. The van der Waals surface area contributed by atoms with E-state index in [1.165, 1.54) is 51.4 Å². The van der Waals surface area contributed by atoms with Crippen molar-refractivity contribution in [2.24, 2.45) is 0 Å². The molecule has 1 fully saturated rings. The fourth-order valence-corrected chi connectivity index (χ4v) is 5.85. The van der Waals surface area contributed by atoms with Crippen molar-refractivity contribution >= 4 is 12.1 Å². The zero-order chi connectivity index (χ0) is 36.9. The molecule has 8 atom stereocenters. The smallest absolute Gasteiger partial charge is 0.408 e. The summed E-state index contributed by atoms with van der Waals surface area (Å²) in [5.74, 6) is -0.533. The second-order valence-electron chi connectivity index (χ2n) is 14.5. The molecule has 12 heteroatoms. The summed E-state index contributed by atoms with van der Waals surface area (Å²) in [6, 6.07) is 8.22. The summed E-state index contributed by atoms with van der Waals surface area (Å²) in [6.45, 7) is 6.43. The summed E-state index contributed by atoms with van der Waals surface area (Å²) in [4.78, 5) is 25.0. The molecule has 12 nitrogen and oxygen atoms in total. The van der Waals surface area contributed by atoms with E-state index in [2.05, 4.69) is 12.2 Å². The largest absolute Gasteiger partial charge is 0.463 e. The van der Waals surface area contributed by atoms with E-state index in [9.17, 15) is 35.1 Å². The van der Waals surface area contributed by atoms with Crippen LogP contribution in [0.2, 0.25) is 0 Å². The maximum Gasteiger partial charge on any atom is 0.408 e. The quantitative estimate of drug-likeness (QED) is 0.0646. The number of rotatable bonds is 24. The van der Waals surface area contributed by atoms with Gasteiger partial charge in [-0.2, -0.15) is 0 Å². The van der Waals surface area contributed by atoms with Gasteiger partial charge in [0.05, 0.1) is 18.8 Å². The topological polar surface area (TPSA) is 184 Å². The van der Waals surface area contributed by atoms with Crippen molar-refractivity contribution in [1.29, 1.82) is 0 Å². The number of carbonyl (C=O) groups excluding carboxylic acids is 2. The number of aryl methyl sites for hydroxylation is 1. The van der Waals surface area contributed by atoms with E-state index in [1.807, 2.05) is 30.3 Å². The Labute approximate surface area is 298 Å². The number of unbranched alkanes of at least 4 members (excludes halogenated alkanes) is 11. The minimum Gasteiger partial charge on any atom is -0.463 e. The molecule has 0 radical (unpaired) electrons. The fraction of sp³-hybridized carbons (Fsp3) is 0.789. The van der Waals surface area contributed by atoms with Gasteiger partial charge in [0.2, 0.25) is 0 Å². The molecule has 1 aromatic carbocycles. The van der Waals surface area contributed by atoms with E-state index in [1.54, 1.807) is 20.8 Å². The molecule has 288 valence electrons. The Hall–Kier alpha value is -2.32. The molecule has 0 saturated carbocycles. The summed E-state index contributed by atoms with van der Waals surface area (Å²) in [7, 11) is 0. The number of esters is 1. The van der Waals surface area contributed by atoms with Crippen LogP contribution in [0.1, 0.15) is 123 Å². The molecule has 1 aliphatic heterocycles. The van der Waals surface area contributed by atoms with Crippen LogP contribution in [0.4, 0.5) is 4.79 Å².